The van der Waals surface area contributed by atoms with Crippen molar-refractivity contribution in [3.8, 4) is 0 Å². The largest absolute Gasteiger partial charge is 0.458 e. The Kier molecular flexibility index (Phi) is 14.1. The highest BCUT2D eigenvalue weighted by atomic mass is 35.5. The van der Waals surface area contributed by atoms with E-state index in [4.69, 9.17) is 35.5 Å². The van der Waals surface area contributed by atoms with Crippen LogP contribution in [0.4, 0.5) is 5.82 Å². The van der Waals surface area contributed by atoms with Crippen molar-refractivity contribution in [2.75, 3.05) is 11.6 Å². The van der Waals surface area contributed by atoms with Gasteiger partial charge in [-0.05, 0) is 91.3 Å². The highest BCUT2D eigenvalue weighted by Gasteiger charge is 2.40. The molecular formula is C50H38ClN3O9. The highest BCUT2D eigenvalue weighted by Crippen LogP contribution is 2.27. The van der Waals surface area contributed by atoms with E-state index < -0.39 is 54.7 Å². The number of carbonyl (C=O) groups is 5. The summed E-state index contributed by atoms with van der Waals surface area (Å²) in [6, 6.07) is 47.1. The molecule has 13 heteroatoms. The van der Waals surface area contributed by atoms with E-state index in [1.807, 2.05) is 13.0 Å². The number of nitrogens with zero attached hydrogens (tertiary/aromatic N) is 3. The average Bonchev–Trinajstić information content (AvgIpc) is 3.32. The molecule has 314 valence electrons. The molecule has 0 aliphatic rings. The summed E-state index contributed by atoms with van der Waals surface area (Å²) in [5.74, 6) is -4.02. The molecule has 12 nitrogen and oxygen atoms in total. The second-order valence-electron chi connectivity index (χ2n) is 14.0. The first-order valence-electron chi connectivity index (χ1n) is 19.7. The summed E-state index contributed by atoms with van der Waals surface area (Å²) < 4.78 is 24.0. The van der Waals surface area contributed by atoms with Crippen LogP contribution in [0.25, 0.3) is 10.9 Å². The van der Waals surface area contributed by atoms with Crippen molar-refractivity contribution in [3.63, 3.8) is 0 Å². The molecular weight excluding hydrogens is 822 g/mol. The first kappa shape index (κ1) is 43.1. The predicted octanol–water partition coefficient (Wildman–Crippen LogP) is 9.36. The summed E-state index contributed by atoms with van der Waals surface area (Å²) in [6.07, 6.45) is -4.09. The van der Waals surface area contributed by atoms with E-state index in [9.17, 15) is 24.0 Å². The molecule has 0 aliphatic carbocycles. The number of hydrazone groups is 1. The van der Waals surface area contributed by atoms with Crippen molar-refractivity contribution in [2.45, 2.75) is 25.2 Å². The lowest BCUT2D eigenvalue weighted by Gasteiger charge is -2.31. The SMILES string of the molecule is Cc1cc(N(/N=C/[C@@H](OC(=O)c2ccccc2)[C@H](OC(=O)c2ccccc2)[C@@H](COC(=O)c2ccccc2)OC(=O)c2ccccc2)C(=O)c2ccccc2)nc2cc(Cl)ccc12. The van der Waals surface area contributed by atoms with E-state index in [0.717, 1.165) is 22.2 Å². The van der Waals surface area contributed by atoms with Gasteiger partial charge < -0.3 is 18.9 Å². The van der Waals surface area contributed by atoms with Gasteiger partial charge >= 0.3 is 23.9 Å². The lowest BCUT2D eigenvalue weighted by Crippen LogP contribution is -2.49. The highest BCUT2D eigenvalue weighted by molar-refractivity contribution is 6.31. The van der Waals surface area contributed by atoms with Crippen LogP contribution in [0, 0.1) is 6.92 Å². The van der Waals surface area contributed by atoms with Crippen LogP contribution in [0.2, 0.25) is 5.02 Å². The van der Waals surface area contributed by atoms with Crippen LogP contribution in [-0.2, 0) is 18.9 Å². The maximum absolute atomic E-state index is 14.4. The van der Waals surface area contributed by atoms with Gasteiger partial charge in [0.05, 0.1) is 34.0 Å². The Morgan fingerprint density at radius 2 is 1.05 bits per heavy atom. The summed E-state index contributed by atoms with van der Waals surface area (Å²) in [5.41, 5.74) is 1.94. The van der Waals surface area contributed by atoms with Crippen LogP contribution >= 0.6 is 11.6 Å². The van der Waals surface area contributed by atoms with Crippen LogP contribution in [-0.4, -0.2) is 65.9 Å². The number of rotatable bonds is 15. The smallest absolute Gasteiger partial charge is 0.338 e. The summed E-state index contributed by atoms with van der Waals surface area (Å²) in [5, 5.41) is 6.79. The standard InChI is InChI=1S/C50H38ClN3O9/c1-33-29-44(53-41-30-39(51)27-28-40(33)41)54(46(55)34-17-7-2-8-18-34)52-31-42(61-48(57)36-21-11-4-12-22-36)45(63-50(59)38-25-15-6-16-26-38)43(62-49(58)37-23-13-5-14-24-37)32-60-47(56)35-19-9-3-10-20-35/h2-31,42-43,45H,32H2,1H3/b52-31+/t42-,43-,45+/m1/s1. The summed E-state index contributed by atoms with van der Waals surface area (Å²) in [4.78, 5) is 74.4. The van der Waals surface area contributed by atoms with Gasteiger partial charge in [0.1, 0.15) is 6.61 Å². The molecule has 7 rings (SSSR count). The predicted molar refractivity (Wildman–Crippen MR) is 237 cm³/mol. The fraction of sp³-hybridized carbons (Fsp3) is 0.100. The Morgan fingerprint density at radius 3 is 1.57 bits per heavy atom. The Balaban J connectivity index is 1.37. The van der Waals surface area contributed by atoms with Gasteiger partial charge in [-0.1, -0.05) is 109 Å². The molecule has 7 aromatic rings. The quantitative estimate of drug-likeness (QED) is 0.0422. The molecule has 0 aliphatic heterocycles. The minimum Gasteiger partial charge on any atom is -0.458 e. The average molecular weight is 860 g/mol. The Labute approximate surface area is 367 Å². The fourth-order valence-electron chi connectivity index (χ4n) is 6.38. The van der Waals surface area contributed by atoms with Crippen molar-refractivity contribution in [1.82, 2.24) is 4.98 Å². The van der Waals surface area contributed by atoms with Crippen LogP contribution < -0.4 is 5.01 Å². The zero-order valence-electron chi connectivity index (χ0n) is 33.7. The Hall–Kier alpha value is -7.96. The summed E-state index contributed by atoms with van der Waals surface area (Å²) >= 11 is 6.36. The molecule has 6 aromatic carbocycles. The van der Waals surface area contributed by atoms with E-state index in [1.54, 1.807) is 121 Å². The molecule has 0 saturated heterocycles. The van der Waals surface area contributed by atoms with Gasteiger partial charge in [0, 0.05) is 16.0 Å². The topological polar surface area (TPSA) is 151 Å². The van der Waals surface area contributed by atoms with Gasteiger partial charge in [0.2, 0.25) is 0 Å². The number of benzene rings is 6. The molecule has 63 heavy (non-hydrogen) atoms. The number of fused-ring (bicyclic) bond motifs is 1. The number of ether oxygens (including phenoxy) is 4. The number of esters is 4. The number of aryl methyl sites for hydroxylation is 1. The molecule has 0 saturated carbocycles. The maximum atomic E-state index is 14.4. The number of anilines is 1. The number of hydrogen-bond donors (Lipinski definition) is 0. The summed E-state index contributed by atoms with van der Waals surface area (Å²) in [6.45, 7) is 1.15. The van der Waals surface area contributed by atoms with Gasteiger partial charge in [-0.15, -0.1) is 0 Å². The Bertz CT molecular complexity index is 2740. The molecule has 1 amide bonds. The first-order valence-corrected chi connectivity index (χ1v) is 20.0. The minimum atomic E-state index is -1.77. The van der Waals surface area contributed by atoms with E-state index >= 15 is 0 Å². The number of pyridine rings is 1. The number of halogens is 1. The normalized spacial score (nSPS) is 12.4. The van der Waals surface area contributed by atoms with E-state index in [-0.39, 0.29) is 33.6 Å². The van der Waals surface area contributed by atoms with Gasteiger partial charge in [-0.25, -0.2) is 24.2 Å². The van der Waals surface area contributed by atoms with Crippen molar-refractivity contribution in [1.29, 1.82) is 0 Å². The van der Waals surface area contributed by atoms with Crippen LogP contribution in [0.3, 0.4) is 0 Å². The Morgan fingerprint density at radius 1 is 0.587 bits per heavy atom. The molecule has 0 bridgehead atoms. The second kappa shape index (κ2) is 20.5. The van der Waals surface area contributed by atoms with E-state index in [0.29, 0.717) is 10.5 Å². The summed E-state index contributed by atoms with van der Waals surface area (Å²) in [7, 11) is 0. The monoisotopic (exact) mass is 859 g/mol. The van der Waals surface area contributed by atoms with Gasteiger partial charge in [0.15, 0.2) is 24.1 Å². The third-order valence-electron chi connectivity index (χ3n) is 9.58. The molecule has 1 aromatic heterocycles. The molecule has 0 unspecified atom stereocenters. The zero-order chi connectivity index (χ0) is 44.1. The third-order valence-corrected chi connectivity index (χ3v) is 9.81. The first-order chi connectivity index (χ1) is 30.6. The third kappa shape index (κ3) is 11.1. The van der Waals surface area contributed by atoms with Gasteiger partial charge in [-0.2, -0.15) is 10.1 Å². The lowest BCUT2D eigenvalue weighted by molar-refractivity contribution is -0.0858. The van der Waals surface area contributed by atoms with Crippen LogP contribution in [0.5, 0.6) is 0 Å². The number of carbonyl (C=O) groups excluding carboxylic acids is 5. The van der Waals surface area contributed by atoms with Gasteiger partial charge in [0.25, 0.3) is 5.91 Å². The molecule has 1 heterocycles. The molecule has 0 fully saturated rings. The molecule has 3 atom stereocenters. The zero-order valence-corrected chi connectivity index (χ0v) is 34.4. The van der Waals surface area contributed by atoms with Crippen LogP contribution in [0.1, 0.15) is 57.4 Å². The van der Waals surface area contributed by atoms with Crippen molar-refractivity contribution in [3.05, 3.63) is 214 Å². The number of hydrogen-bond acceptors (Lipinski definition) is 11. The molecule has 0 spiro atoms. The van der Waals surface area contributed by atoms with E-state index in [1.165, 1.54) is 48.5 Å². The van der Waals surface area contributed by atoms with E-state index in [2.05, 4.69) is 5.10 Å². The maximum Gasteiger partial charge on any atom is 0.338 e. The van der Waals surface area contributed by atoms with Crippen molar-refractivity contribution in [2.24, 2.45) is 5.10 Å². The fourth-order valence-corrected chi connectivity index (χ4v) is 6.54. The van der Waals surface area contributed by atoms with Crippen LogP contribution in [0.15, 0.2) is 181 Å². The number of aromatic nitrogens is 1. The molecule has 0 N–H and O–H groups in total. The lowest BCUT2D eigenvalue weighted by atomic mass is 10.1. The molecule has 0 radical (unpaired) electrons. The van der Waals surface area contributed by atoms with Crippen molar-refractivity contribution >= 4 is 64.3 Å². The minimum absolute atomic E-state index is 0.0715. The van der Waals surface area contributed by atoms with Gasteiger partial charge in [-0.3, -0.25) is 4.79 Å². The number of amides is 1. The second-order valence-corrected chi connectivity index (χ2v) is 14.4. The van der Waals surface area contributed by atoms with Crippen molar-refractivity contribution < 1.29 is 42.9 Å².